The van der Waals surface area contributed by atoms with Crippen LogP contribution in [0.1, 0.15) is 17.5 Å². The number of benzene rings is 1. The van der Waals surface area contributed by atoms with Crippen molar-refractivity contribution >= 4 is 45.2 Å². The van der Waals surface area contributed by atoms with Gasteiger partial charge in [-0.25, -0.2) is 9.97 Å². The van der Waals surface area contributed by atoms with Gasteiger partial charge < -0.3 is 4.74 Å². The van der Waals surface area contributed by atoms with Gasteiger partial charge in [0.25, 0.3) is 0 Å². The highest BCUT2D eigenvalue weighted by molar-refractivity contribution is 14.1. The van der Waals surface area contributed by atoms with Gasteiger partial charge in [-0.05, 0) is 82.1 Å². The van der Waals surface area contributed by atoms with E-state index < -0.39 is 0 Å². The van der Waals surface area contributed by atoms with Crippen LogP contribution < -0.4 is 4.74 Å². The lowest BCUT2D eigenvalue weighted by atomic mass is 10.1. The van der Waals surface area contributed by atoms with Crippen molar-refractivity contribution in [2.45, 2.75) is 19.3 Å². The predicted octanol–water partition coefficient (Wildman–Crippen LogP) is 3.87. The summed E-state index contributed by atoms with van der Waals surface area (Å²) in [6.07, 6.45) is 4.80. The lowest BCUT2D eigenvalue weighted by Gasteiger charge is -2.06. The van der Waals surface area contributed by atoms with Gasteiger partial charge in [0, 0.05) is 5.56 Å². The van der Waals surface area contributed by atoms with Crippen LogP contribution >= 0.6 is 45.2 Å². The average Bonchev–Trinajstić information content (AvgIpc) is 2.43. The molecule has 2 aromatic rings. The van der Waals surface area contributed by atoms with Crippen LogP contribution in [-0.4, -0.2) is 17.1 Å². The molecule has 0 aliphatic heterocycles. The van der Waals surface area contributed by atoms with Gasteiger partial charge in [-0.3, -0.25) is 0 Å². The Hall–Kier alpha value is -0.440. The Morgan fingerprint density at radius 3 is 2.21 bits per heavy atom. The number of rotatable bonds is 5. The molecule has 1 aromatic carbocycles. The van der Waals surface area contributed by atoms with Crippen LogP contribution in [0.15, 0.2) is 30.6 Å². The number of halogens is 2. The fourth-order valence-electron chi connectivity index (χ4n) is 1.84. The SMILES string of the molecule is COc1ccc(CCCc2c(I)ncnc2I)cc1. The summed E-state index contributed by atoms with van der Waals surface area (Å²) < 4.78 is 7.28. The van der Waals surface area contributed by atoms with Crippen LogP contribution in [0.4, 0.5) is 0 Å². The highest BCUT2D eigenvalue weighted by atomic mass is 127. The van der Waals surface area contributed by atoms with Crippen molar-refractivity contribution in [3.05, 3.63) is 49.1 Å². The summed E-state index contributed by atoms with van der Waals surface area (Å²) in [6.45, 7) is 0. The van der Waals surface area contributed by atoms with E-state index in [1.54, 1.807) is 13.4 Å². The second-order valence-corrected chi connectivity index (χ2v) is 6.18. The second kappa shape index (κ2) is 7.37. The molecule has 0 spiro atoms. The minimum Gasteiger partial charge on any atom is -0.497 e. The molecule has 19 heavy (non-hydrogen) atoms. The minimum atomic E-state index is 0.907. The standard InChI is InChI=1S/C14H14I2N2O/c1-19-11-7-5-10(6-8-11)3-2-4-12-13(15)17-9-18-14(12)16/h5-9H,2-4H2,1H3. The first kappa shape index (κ1) is 15.0. The molecule has 0 fully saturated rings. The van der Waals surface area contributed by atoms with E-state index in [-0.39, 0.29) is 0 Å². The molecule has 5 heteroatoms. The van der Waals surface area contributed by atoms with Crippen LogP contribution in [-0.2, 0) is 12.8 Å². The number of ether oxygens (including phenoxy) is 1. The van der Waals surface area contributed by atoms with Crippen LogP contribution in [0, 0.1) is 7.40 Å². The quantitative estimate of drug-likeness (QED) is 0.482. The Morgan fingerprint density at radius 1 is 1.00 bits per heavy atom. The topological polar surface area (TPSA) is 35.0 Å². The van der Waals surface area contributed by atoms with E-state index in [9.17, 15) is 0 Å². The molecule has 0 aliphatic carbocycles. The number of hydrogen-bond acceptors (Lipinski definition) is 3. The predicted molar refractivity (Wildman–Crippen MR) is 92.5 cm³/mol. The number of hydrogen-bond donors (Lipinski definition) is 0. The van der Waals surface area contributed by atoms with Gasteiger partial charge >= 0.3 is 0 Å². The summed E-state index contributed by atoms with van der Waals surface area (Å²) >= 11 is 4.55. The van der Waals surface area contributed by atoms with E-state index in [1.165, 1.54) is 11.1 Å². The Labute approximate surface area is 140 Å². The number of nitrogens with zero attached hydrogens (tertiary/aromatic N) is 2. The third-order valence-corrected chi connectivity index (χ3v) is 4.75. The van der Waals surface area contributed by atoms with Crippen LogP contribution in [0.2, 0.25) is 0 Å². The first-order valence-electron chi connectivity index (χ1n) is 5.98. The molecular weight excluding hydrogens is 466 g/mol. The summed E-state index contributed by atoms with van der Waals surface area (Å²) in [4.78, 5) is 8.49. The summed E-state index contributed by atoms with van der Waals surface area (Å²) in [7, 11) is 1.69. The number of aryl methyl sites for hydroxylation is 1. The van der Waals surface area contributed by atoms with E-state index in [4.69, 9.17) is 4.74 Å². The third kappa shape index (κ3) is 4.27. The number of methoxy groups -OCH3 is 1. The lowest BCUT2D eigenvalue weighted by molar-refractivity contribution is 0.414. The maximum atomic E-state index is 5.16. The minimum absolute atomic E-state index is 0.907. The van der Waals surface area contributed by atoms with Crippen molar-refractivity contribution in [3.63, 3.8) is 0 Å². The maximum absolute atomic E-state index is 5.16. The molecule has 0 saturated carbocycles. The van der Waals surface area contributed by atoms with E-state index in [0.29, 0.717) is 0 Å². The monoisotopic (exact) mass is 480 g/mol. The highest BCUT2D eigenvalue weighted by Crippen LogP contribution is 2.18. The molecule has 3 nitrogen and oxygen atoms in total. The molecule has 1 aromatic heterocycles. The summed E-state index contributed by atoms with van der Waals surface area (Å²) in [5.74, 6) is 0.907. The fourth-order valence-corrected chi connectivity index (χ4v) is 3.65. The molecule has 0 amide bonds. The fraction of sp³-hybridized carbons (Fsp3) is 0.286. The van der Waals surface area contributed by atoms with Crippen molar-refractivity contribution in [2.75, 3.05) is 7.11 Å². The zero-order valence-electron chi connectivity index (χ0n) is 10.6. The van der Waals surface area contributed by atoms with Crippen LogP contribution in [0.3, 0.4) is 0 Å². The Morgan fingerprint density at radius 2 is 1.63 bits per heavy atom. The first-order valence-corrected chi connectivity index (χ1v) is 8.14. The van der Waals surface area contributed by atoms with Crippen molar-refractivity contribution in [1.29, 1.82) is 0 Å². The van der Waals surface area contributed by atoms with Gasteiger partial charge in [-0.15, -0.1) is 0 Å². The maximum Gasteiger partial charge on any atom is 0.118 e. The van der Waals surface area contributed by atoms with Crippen molar-refractivity contribution in [3.8, 4) is 5.75 Å². The zero-order chi connectivity index (χ0) is 13.7. The molecule has 0 bridgehead atoms. The molecule has 1 heterocycles. The van der Waals surface area contributed by atoms with Gasteiger partial charge in [-0.1, -0.05) is 12.1 Å². The third-order valence-electron chi connectivity index (χ3n) is 2.89. The first-order chi connectivity index (χ1) is 9.20. The van der Waals surface area contributed by atoms with E-state index >= 15 is 0 Å². The lowest BCUT2D eigenvalue weighted by Crippen LogP contribution is -2.00. The Balaban J connectivity index is 1.92. The van der Waals surface area contributed by atoms with Crippen molar-refractivity contribution < 1.29 is 4.74 Å². The Bertz CT molecular complexity index is 523. The normalized spacial score (nSPS) is 10.5. The molecule has 0 unspecified atom stereocenters. The molecular formula is C14H14I2N2O. The van der Waals surface area contributed by atoms with Crippen molar-refractivity contribution in [2.24, 2.45) is 0 Å². The van der Waals surface area contributed by atoms with Gasteiger partial charge in [0.05, 0.1) is 7.11 Å². The number of aromatic nitrogens is 2. The molecule has 100 valence electrons. The van der Waals surface area contributed by atoms with Gasteiger partial charge in [0.2, 0.25) is 0 Å². The molecule has 0 radical (unpaired) electrons. The van der Waals surface area contributed by atoms with Gasteiger partial charge in [0.1, 0.15) is 19.5 Å². The second-order valence-electron chi connectivity index (χ2n) is 4.14. The van der Waals surface area contributed by atoms with Gasteiger partial charge in [-0.2, -0.15) is 0 Å². The highest BCUT2D eigenvalue weighted by Gasteiger charge is 2.06. The summed E-state index contributed by atoms with van der Waals surface area (Å²) in [5.41, 5.74) is 2.60. The average molecular weight is 480 g/mol. The smallest absolute Gasteiger partial charge is 0.118 e. The van der Waals surface area contributed by atoms with Crippen molar-refractivity contribution in [1.82, 2.24) is 9.97 Å². The van der Waals surface area contributed by atoms with E-state index in [0.717, 1.165) is 32.4 Å². The van der Waals surface area contributed by atoms with Gasteiger partial charge in [0.15, 0.2) is 0 Å². The van der Waals surface area contributed by atoms with Crippen LogP contribution in [0.5, 0.6) is 5.75 Å². The molecule has 2 rings (SSSR count). The van der Waals surface area contributed by atoms with Crippen LogP contribution in [0.25, 0.3) is 0 Å². The molecule has 0 saturated heterocycles. The molecule has 0 atom stereocenters. The van der Waals surface area contributed by atoms with E-state index in [1.807, 2.05) is 12.1 Å². The molecule has 0 aliphatic rings. The van der Waals surface area contributed by atoms with E-state index in [2.05, 4.69) is 67.3 Å². The Kier molecular flexibility index (Phi) is 5.80. The zero-order valence-corrected chi connectivity index (χ0v) is 14.9. The molecule has 0 N–H and O–H groups in total. The largest absolute Gasteiger partial charge is 0.497 e. The summed E-state index contributed by atoms with van der Waals surface area (Å²) in [6, 6.07) is 8.26. The summed E-state index contributed by atoms with van der Waals surface area (Å²) in [5, 5.41) is 0.